The topological polar surface area (TPSA) is 24.1 Å². The third-order valence-electron chi connectivity index (χ3n) is 2.44. The van der Waals surface area contributed by atoms with Crippen LogP contribution in [0.2, 0.25) is 0 Å². The molecule has 0 aliphatic heterocycles. The molecule has 0 radical (unpaired) electrons. The Morgan fingerprint density at radius 1 is 1.07 bits per heavy atom. The van der Waals surface area contributed by atoms with Crippen molar-refractivity contribution in [3.63, 3.8) is 0 Å². The van der Waals surface area contributed by atoms with Crippen LogP contribution in [0.5, 0.6) is 0 Å². The van der Waals surface area contributed by atoms with Crippen LogP contribution < -0.4 is 10.6 Å². The molecule has 0 aliphatic carbocycles. The minimum absolute atomic E-state index is 0.0334. The molecule has 0 amide bonds. The Kier molecular flexibility index (Phi) is 7.16. The first-order valence-corrected chi connectivity index (χ1v) is 6.15. The van der Waals surface area contributed by atoms with Crippen LogP contribution in [-0.2, 0) is 0 Å². The summed E-state index contributed by atoms with van der Waals surface area (Å²) in [5.74, 6) is -1.48. The van der Waals surface area contributed by atoms with Gasteiger partial charge in [0.2, 0.25) is 0 Å². The minimum Gasteiger partial charge on any atom is -0.317 e. The van der Waals surface area contributed by atoms with Gasteiger partial charge in [0.1, 0.15) is 5.67 Å². The van der Waals surface area contributed by atoms with Crippen LogP contribution in [0.1, 0.15) is 12.8 Å². The van der Waals surface area contributed by atoms with Crippen LogP contribution in [0.15, 0.2) is 0 Å². The molecule has 0 aromatic carbocycles. The molecule has 0 aliphatic rings. The highest BCUT2D eigenvalue weighted by atomic mass is 32.1. The van der Waals surface area contributed by atoms with E-state index >= 15 is 0 Å². The maximum absolute atomic E-state index is 14.0. The molecule has 6 heteroatoms. The fourth-order valence-corrected chi connectivity index (χ4v) is 1.83. The molecule has 0 aromatic heterocycles. The molecule has 2 nitrogen and oxygen atoms in total. The van der Waals surface area contributed by atoms with Crippen molar-refractivity contribution in [3.05, 3.63) is 0 Å². The standard InChI is InChI=1S/C9H20F2N2S2/c1-12-5-8(10,6-14)3-4-9(11,7-15)13-2/h12-15H,3-7H2,1-2H3/t8-,9+/m0/s1. The third kappa shape index (κ3) is 5.38. The van der Waals surface area contributed by atoms with Gasteiger partial charge in [-0.2, -0.15) is 25.3 Å². The molecule has 0 bridgehead atoms. The Balaban J connectivity index is 4.20. The van der Waals surface area contributed by atoms with Gasteiger partial charge in [-0.1, -0.05) is 0 Å². The normalized spacial score (nSPS) is 19.6. The van der Waals surface area contributed by atoms with Gasteiger partial charge in [-0.15, -0.1) is 0 Å². The summed E-state index contributed by atoms with van der Waals surface area (Å²) in [5.41, 5.74) is -1.46. The summed E-state index contributed by atoms with van der Waals surface area (Å²) >= 11 is 7.84. The highest BCUT2D eigenvalue weighted by Gasteiger charge is 2.33. The minimum atomic E-state index is -1.60. The van der Waals surface area contributed by atoms with Crippen molar-refractivity contribution in [2.45, 2.75) is 24.3 Å². The molecule has 0 heterocycles. The first kappa shape index (κ1) is 15.5. The Labute approximate surface area is 101 Å². The van der Waals surface area contributed by atoms with Gasteiger partial charge in [-0.25, -0.2) is 8.78 Å². The van der Waals surface area contributed by atoms with Gasteiger partial charge in [0.25, 0.3) is 0 Å². The molecule has 0 saturated carbocycles. The van der Waals surface area contributed by atoms with Gasteiger partial charge >= 0.3 is 0 Å². The fourth-order valence-electron chi connectivity index (χ4n) is 1.25. The van der Waals surface area contributed by atoms with E-state index in [2.05, 4.69) is 35.9 Å². The zero-order valence-corrected chi connectivity index (χ0v) is 11.0. The molecule has 92 valence electrons. The zero-order chi connectivity index (χ0) is 11.9. The summed E-state index contributed by atoms with van der Waals surface area (Å²) in [5, 5.41) is 5.26. The van der Waals surface area contributed by atoms with Crippen LogP contribution in [0.25, 0.3) is 0 Å². The SMILES string of the molecule is CNC[C@](F)(CS)CC[C@](F)(CS)NC. The molecule has 0 rings (SSSR count). The Morgan fingerprint density at radius 2 is 1.67 bits per heavy atom. The van der Waals surface area contributed by atoms with Crippen molar-refractivity contribution in [2.75, 3.05) is 32.1 Å². The second-order valence-electron chi connectivity index (χ2n) is 3.71. The van der Waals surface area contributed by atoms with Crippen LogP contribution in [0, 0.1) is 0 Å². The van der Waals surface area contributed by atoms with Gasteiger partial charge in [-0.3, -0.25) is 5.32 Å². The van der Waals surface area contributed by atoms with Gasteiger partial charge < -0.3 is 5.32 Å². The van der Waals surface area contributed by atoms with E-state index in [1.807, 2.05) is 0 Å². The van der Waals surface area contributed by atoms with E-state index in [1.54, 1.807) is 7.05 Å². The predicted molar refractivity (Wildman–Crippen MR) is 67.6 cm³/mol. The van der Waals surface area contributed by atoms with E-state index in [0.717, 1.165) is 0 Å². The van der Waals surface area contributed by atoms with Crippen molar-refractivity contribution in [1.29, 1.82) is 0 Å². The highest BCUT2D eigenvalue weighted by molar-refractivity contribution is 7.80. The molecule has 0 spiro atoms. The van der Waals surface area contributed by atoms with Crippen molar-refractivity contribution >= 4 is 25.3 Å². The van der Waals surface area contributed by atoms with Crippen molar-refractivity contribution in [2.24, 2.45) is 0 Å². The molecule has 0 aromatic rings. The van der Waals surface area contributed by atoms with Crippen molar-refractivity contribution < 1.29 is 8.78 Å². The lowest BCUT2D eigenvalue weighted by molar-refractivity contribution is 0.0963. The average Bonchev–Trinajstić information content (AvgIpc) is 2.26. The van der Waals surface area contributed by atoms with Gasteiger partial charge in [0.15, 0.2) is 5.79 Å². The molecule has 0 fully saturated rings. The van der Waals surface area contributed by atoms with Gasteiger partial charge in [0, 0.05) is 18.1 Å². The van der Waals surface area contributed by atoms with Crippen LogP contribution in [0.3, 0.4) is 0 Å². The lowest BCUT2D eigenvalue weighted by Crippen LogP contribution is -2.44. The van der Waals surface area contributed by atoms with E-state index in [-0.39, 0.29) is 30.9 Å². The number of hydrogen-bond donors (Lipinski definition) is 4. The predicted octanol–water partition coefficient (Wildman–Crippen LogP) is 1.44. The van der Waals surface area contributed by atoms with E-state index < -0.39 is 11.5 Å². The third-order valence-corrected chi connectivity index (χ3v) is 3.51. The number of thiol groups is 2. The molecule has 2 N–H and O–H groups in total. The lowest BCUT2D eigenvalue weighted by atomic mass is 9.98. The molecule has 15 heavy (non-hydrogen) atoms. The van der Waals surface area contributed by atoms with Crippen molar-refractivity contribution in [3.8, 4) is 0 Å². The average molecular weight is 258 g/mol. The van der Waals surface area contributed by atoms with E-state index in [0.29, 0.717) is 0 Å². The number of nitrogens with one attached hydrogen (secondary N) is 2. The fraction of sp³-hybridized carbons (Fsp3) is 1.00. The smallest absolute Gasteiger partial charge is 0.170 e. The summed E-state index contributed by atoms with van der Waals surface area (Å²) in [6, 6.07) is 0. The number of halogens is 2. The van der Waals surface area contributed by atoms with Crippen LogP contribution in [-0.4, -0.2) is 43.6 Å². The first-order valence-electron chi connectivity index (χ1n) is 4.88. The molecular formula is C9H20F2N2S2. The van der Waals surface area contributed by atoms with E-state index in [4.69, 9.17) is 0 Å². The Hall–Kier alpha value is 0.480. The quantitative estimate of drug-likeness (QED) is 0.391. The summed E-state index contributed by atoms with van der Waals surface area (Å²) in [6.45, 7) is 0.183. The van der Waals surface area contributed by atoms with Gasteiger partial charge in [0.05, 0.1) is 0 Å². The van der Waals surface area contributed by atoms with E-state index in [9.17, 15) is 8.78 Å². The lowest BCUT2D eigenvalue weighted by Gasteiger charge is -2.28. The molecule has 2 atom stereocenters. The summed E-state index contributed by atoms with van der Waals surface area (Å²) < 4.78 is 27.7. The largest absolute Gasteiger partial charge is 0.317 e. The maximum atomic E-state index is 14.0. The highest BCUT2D eigenvalue weighted by Crippen LogP contribution is 2.25. The first-order chi connectivity index (χ1) is 6.95. The molecular weight excluding hydrogens is 238 g/mol. The molecule has 0 unspecified atom stereocenters. The monoisotopic (exact) mass is 258 g/mol. The number of hydrogen-bond acceptors (Lipinski definition) is 4. The van der Waals surface area contributed by atoms with Crippen LogP contribution in [0.4, 0.5) is 8.78 Å². The zero-order valence-electron chi connectivity index (χ0n) is 9.19. The van der Waals surface area contributed by atoms with Crippen LogP contribution >= 0.6 is 25.3 Å². The Morgan fingerprint density at radius 3 is 2.00 bits per heavy atom. The second-order valence-corrected chi connectivity index (χ2v) is 4.35. The summed E-state index contributed by atoms with van der Waals surface area (Å²) in [4.78, 5) is 0. The maximum Gasteiger partial charge on any atom is 0.170 e. The van der Waals surface area contributed by atoms with Gasteiger partial charge in [-0.05, 0) is 26.9 Å². The van der Waals surface area contributed by atoms with Crippen molar-refractivity contribution in [1.82, 2.24) is 10.6 Å². The number of rotatable bonds is 8. The number of alkyl halides is 2. The second kappa shape index (κ2) is 6.93. The van der Waals surface area contributed by atoms with E-state index in [1.165, 1.54) is 7.05 Å². The molecule has 0 saturated heterocycles. The summed E-state index contributed by atoms with van der Waals surface area (Å²) in [6.07, 6.45) is 0.209. The Bertz CT molecular complexity index is 179. The summed E-state index contributed by atoms with van der Waals surface area (Å²) in [7, 11) is 3.17.